The molecule has 0 heterocycles. The molecule has 0 aliphatic rings. The predicted molar refractivity (Wildman–Crippen MR) is 54.2 cm³/mol. The van der Waals surface area contributed by atoms with Gasteiger partial charge in [-0.2, -0.15) is 18.2 Å². The van der Waals surface area contributed by atoms with Gasteiger partial charge in [0.25, 0.3) is 0 Å². The van der Waals surface area contributed by atoms with Gasteiger partial charge in [0.1, 0.15) is 0 Å². The predicted octanol–water partition coefficient (Wildman–Crippen LogP) is 2.38. The van der Waals surface area contributed by atoms with Crippen molar-refractivity contribution in [3.8, 4) is 5.75 Å². The van der Waals surface area contributed by atoms with E-state index in [1.54, 1.807) is 24.3 Å². The molecule has 0 aliphatic carbocycles. The SMILES string of the molecule is COP(=S)(OC)Oc1cc[c-]cc1.[No].[No]. The van der Waals surface area contributed by atoms with Gasteiger partial charge in [-0.3, -0.25) is 0 Å². The van der Waals surface area contributed by atoms with Crippen LogP contribution in [0.2, 0.25) is 0 Å². The van der Waals surface area contributed by atoms with Gasteiger partial charge in [-0.15, -0.1) is 12.1 Å². The molecule has 0 aromatic heterocycles. The second-order valence-corrected chi connectivity index (χ2v) is 5.29. The van der Waals surface area contributed by atoms with Crippen LogP contribution in [0, 0.1) is 6.07 Å². The van der Waals surface area contributed by atoms with Crippen molar-refractivity contribution in [2.75, 3.05) is 14.2 Å². The zero-order valence-corrected chi connectivity index (χ0v) is 14.1. The smallest absolute Gasteiger partial charge is 0.377 e. The van der Waals surface area contributed by atoms with Crippen molar-refractivity contribution in [3.05, 3.63) is 30.3 Å². The van der Waals surface area contributed by atoms with E-state index >= 15 is 0 Å². The number of hydrogen-bond acceptors (Lipinski definition) is 4. The van der Waals surface area contributed by atoms with Crippen molar-refractivity contribution in [1.29, 1.82) is 0 Å². The van der Waals surface area contributed by atoms with Gasteiger partial charge >= 0.3 is 6.72 Å². The Balaban J connectivity index is 0. The van der Waals surface area contributed by atoms with E-state index in [2.05, 4.69) is 6.07 Å². The normalized spacial score (nSPS) is 9.73. The van der Waals surface area contributed by atoms with E-state index in [1.807, 2.05) is 0 Å². The first kappa shape index (κ1) is 15.1. The van der Waals surface area contributed by atoms with Crippen LogP contribution in [0.4, 0.5) is 0 Å². The van der Waals surface area contributed by atoms with Crippen LogP contribution in [-0.2, 0) is 20.9 Å². The summed E-state index contributed by atoms with van der Waals surface area (Å²) in [7, 11) is 2.94. The molecule has 1 rings (SSSR count). The fourth-order valence-corrected chi connectivity index (χ4v) is 1.65. The van der Waals surface area contributed by atoms with Crippen molar-refractivity contribution in [2.24, 2.45) is 0 Å². The molecule has 1 aromatic rings. The average Bonchev–Trinajstić information content (AvgIpc) is 2.19. The number of benzene rings is 1. The fourth-order valence-electron chi connectivity index (χ4n) is 0.711. The first-order valence-corrected chi connectivity index (χ1v) is 6.13. The molecule has 0 radical (unpaired) electrons. The van der Waals surface area contributed by atoms with Crippen molar-refractivity contribution < 1.29 is 13.6 Å². The summed E-state index contributed by atoms with van der Waals surface area (Å²) in [5.41, 5.74) is 0. The summed E-state index contributed by atoms with van der Waals surface area (Å²) < 4.78 is 15.3. The maximum absolute atomic E-state index is 5.36. The average molecular weight is 735 g/mol. The molecular formula is C8H10No2O3PS-. The molecule has 0 amide bonds. The molecular weight excluding hydrogens is 725 g/mol. The van der Waals surface area contributed by atoms with E-state index in [9.17, 15) is 0 Å². The molecule has 0 N–H and O–H groups in total. The van der Waals surface area contributed by atoms with Gasteiger partial charge in [0, 0.05) is 31.8 Å². The standard InChI is InChI=1S/C8H10O3PS.2No/c1-9-12(13,10-2)11-8-6-4-3-5-7-8;;/h4-7H,1-2H3;;/q-1;;. The van der Waals surface area contributed by atoms with E-state index in [1.165, 1.54) is 14.2 Å². The van der Waals surface area contributed by atoms with Gasteiger partial charge in [-0.1, -0.05) is 0 Å². The van der Waals surface area contributed by atoms with Gasteiger partial charge in [-0.05, 0) is 0 Å². The maximum Gasteiger partial charge on any atom is 0.377 e. The Labute approximate surface area is 82.9 Å². The number of rotatable bonds is 4. The minimum atomic E-state index is -2.58. The second-order valence-electron chi connectivity index (χ2n) is 2.14. The van der Waals surface area contributed by atoms with Crippen LogP contribution in [0.3, 0.4) is 0 Å². The molecule has 3 nitrogen and oxygen atoms in total. The molecule has 0 fully saturated rings. The molecule has 1 aromatic carbocycles. The van der Waals surface area contributed by atoms with E-state index in [0.29, 0.717) is 5.75 Å². The largest absolute Gasteiger partial charge is 0.451 e. The Morgan fingerprint density at radius 1 is 1.13 bits per heavy atom. The molecule has 0 saturated heterocycles. The molecule has 0 bridgehead atoms. The van der Waals surface area contributed by atoms with Crippen LogP contribution in [0.1, 0.15) is 0 Å². The van der Waals surface area contributed by atoms with Crippen LogP contribution in [0.5, 0.6) is 5.75 Å². The Morgan fingerprint density at radius 3 is 2.00 bits per heavy atom. The zero-order chi connectivity index (χ0) is 9.73. The summed E-state index contributed by atoms with van der Waals surface area (Å²) in [4.78, 5) is 0. The topological polar surface area (TPSA) is 27.7 Å². The Hall–Kier alpha value is -2.41. The summed E-state index contributed by atoms with van der Waals surface area (Å²) in [5.74, 6) is 0.630. The summed E-state index contributed by atoms with van der Waals surface area (Å²) in [5, 5.41) is 0. The van der Waals surface area contributed by atoms with Gasteiger partial charge < -0.3 is 13.6 Å². The van der Waals surface area contributed by atoms with Crippen LogP contribution in [0.25, 0.3) is 0 Å². The van der Waals surface area contributed by atoms with E-state index in [-0.39, 0.29) is 0 Å². The summed E-state index contributed by atoms with van der Waals surface area (Å²) in [6.45, 7) is -2.58. The molecule has 0 saturated carbocycles. The Kier molecular flexibility index (Phi) is 6.14. The van der Waals surface area contributed by atoms with E-state index in [4.69, 9.17) is 25.4 Å². The molecule has 0 aliphatic heterocycles. The summed E-state index contributed by atoms with van der Waals surface area (Å²) in [6.07, 6.45) is 0. The molecule has 0 unspecified atom stereocenters. The van der Waals surface area contributed by atoms with Gasteiger partial charge in [0.05, 0.1) is 0 Å². The zero-order valence-electron chi connectivity index (χ0n) is 7.92. The fraction of sp³-hybridized carbons (Fsp3) is 0.250. The first-order valence-electron chi connectivity index (χ1n) is 3.57. The third-order valence-electron chi connectivity index (χ3n) is 1.35. The Morgan fingerprint density at radius 2 is 1.60 bits per heavy atom. The van der Waals surface area contributed by atoms with Crippen molar-refractivity contribution in [1.82, 2.24) is 0 Å². The second kappa shape index (κ2) is 6.11. The molecule has 0 spiro atoms. The van der Waals surface area contributed by atoms with Gasteiger partial charge in [0.2, 0.25) is 0 Å². The van der Waals surface area contributed by atoms with Crippen LogP contribution in [0.15, 0.2) is 24.3 Å². The third-order valence-corrected chi connectivity index (χ3v) is 3.80. The first-order chi connectivity index (χ1) is 6.20. The minimum Gasteiger partial charge on any atom is -0.451 e. The molecule has 100 valence electrons. The summed E-state index contributed by atoms with van der Waals surface area (Å²) >= 11 is 5.02. The molecule has 0 atom stereocenters. The van der Waals surface area contributed by atoms with Crippen molar-refractivity contribution in [3.63, 3.8) is 0 Å². The Bertz CT molecular complexity index is 302. The maximum atomic E-state index is 5.36. The monoisotopic (exact) mass is 735 g/mol. The van der Waals surface area contributed by atoms with Crippen molar-refractivity contribution >= 4 is 18.5 Å². The minimum absolute atomic E-state index is 0. The van der Waals surface area contributed by atoms with Crippen LogP contribution in [-0.4, -0.2) is 14.2 Å². The van der Waals surface area contributed by atoms with Crippen LogP contribution < -0.4 is 4.52 Å². The molecule has 15 heavy (non-hydrogen) atoms. The van der Waals surface area contributed by atoms with Gasteiger partial charge in [0.15, 0.2) is 0 Å². The van der Waals surface area contributed by atoms with E-state index < -0.39 is 6.72 Å². The van der Waals surface area contributed by atoms with Gasteiger partial charge in [-0.25, -0.2) is 0 Å². The van der Waals surface area contributed by atoms with Crippen LogP contribution >= 0.6 is 6.72 Å². The molecule has 7 heteroatoms. The number of hydrogen-bond donors (Lipinski definition) is 0. The quantitative estimate of drug-likeness (QED) is 0.351. The third kappa shape index (κ3) is 3.87. The summed E-state index contributed by atoms with van der Waals surface area (Å²) in [6, 6.07) is 9.84. The van der Waals surface area contributed by atoms with Crippen molar-refractivity contribution in [2.45, 2.75) is 0 Å². The van der Waals surface area contributed by atoms with E-state index in [0.717, 1.165) is 0 Å².